The monoisotopic (exact) mass is 454 g/mol. The number of benzene rings is 2. The molecule has 2 aromatic carbocycles. The first-order valence-corrected chi connectivity index (χ1v) is 10.7. The van der Waals surface area contributed by atoms with Crippen LogP contribution >= 0.6 is 0 Å². The van der Waals surface area contributed by atoms with Crippen molar-refractivity contribution in [3.05, 3.63) is 65.7 Å². The fraction of sp³-hybridized carbons (Fsp3) is 0.360. The molecule has 0 saturated heterocycles. The molecule has 0 aromatic heterocycles. The predicted octanol–water partition coefficient (Wildman–Crippen LogP) is 4.50. The average Bonchev–Trinajstić information content (AvgIpc) is 2.75. The van der Waals surface area contributed by atoms with Crippen molar-refractivity contribution >= 4 is 29.4 Å². The van der Waals surface area contributed by atoms with Crippen molar-refractivity contribution in [2.45, 2.75) is 52.2 Å². The summed E-state index contributed by atoms with van der Waals surface area (Å²) in [4.78, 5) is 49.4. The van der Waals surface area contributed by atoms with Crippen LogP contribution in [0.5, 0.6) is 0 Å². The van der Waals surface area contributed by atoms with Crippen LogP contribution in [-0.2, 0) is 20.9 Å². The molecule has 0 spiro atoms. The van der Waals surface area contributed by atoms with E-state index in [1.54, 1.807) is 11.0 Å². The highest BCUT2D eigenvalue weighted by atomic mass is 16.6. The molecule has 8 nitrogen and oxygen atoms in total. The molecule has 0 heterocycles. The van der Waals surface area contributed by atoms with Crippen LogP contribution in [0.2, 0.25) is 0 Å². The van der Waals surface area contributed by atoms with Crippen LogP contribution < -0.4 is 5.32 Å². The van der Waals surface area contributed by atoms with Crippen LogP contribution in [0, 0.1) is 0 Å². The minimum Gasteiger partial charge on any atom is -0.475 e. The summed E-state index contributed by atoms with van der Waals surface area (Å²) in [7, 11) is 0. The van der Waals surface area contributed by atoms with Gasteiger partial charge >= 0.3 is 12.1 Å². The summed E-state index contributed by atoms with van der Waals surface area (Å²) in [6.45, 7) is 6.23. The minimum absolute atomic E-state index is 0.0719. The number of hydrogen-bond acceptors (Lipinski definition) is 5. The van der Waals surface area contributed by atoms with Gasteiger partial charge < -0.3 is 20.1 Å². The van der Waals surface area contributed by atoms with Crippen LogP contribution in [0.1, 0.15) is 56.0 Å². The number of carboxylic acids is 1. The molecule has 0 radical (unpaired) electrons. The zero-order chi connectivity index (χ0) is 24.4. The van der Waals surface area contributed by atoms with Gasteiger partial charge in [0.1, 0.15) is 5.60 Å². The van der Waals surface area contributed by atoms with Gasteiger partial charge in [-0.15, -0.1) is 0 Å². The maximum Gasteiger partial charge on any atom is 0.410 e. The highest BCUT2D eigenvalue weighted by Gasteiger charge is 2.22. The van der Waals surface area contributed by atoms with Gasteiger partial charge in [-0.1, -0.05) is 42.5 Å². The van der Waals surface area contributed by atoms with Gasteiger partial charge in [0, 0.05) is 19.5 Å². The second-order valence-corrected chi connectivity index (χ2v) is 8.57. The number of aliphatic carboxylic acids is 1. The van der Waals surface area contributed by atoms with Gasteiger partial charge in [0.25, 0.3) is 5.78 Å². The number of rotatable bonds is 10. The van der Waals surface area contributed by atoms with Crippen molar-refractivity contribution in [1.29, 1.82) is 0 Å². The van der Waals surface area contributed by atoms with Crippen LogP contribution in [-0.4, -0.2) is 45.9 Å². The molecule has 2 rings (SSSR count). The number of Topliss-reactive ketones (excluding diaryl/α,β-unsaturated/α-hetero) is 1. The number of amides is 2. The largest absolute Gasteiger partial charge is 0.475 e. The van der Waals surface area contributed by atoms with Crippen LogP contribution in [0.15, 0.2) is 54.6 Å². The Morgan fingerprint density at radius 1 is 0.939 bits per heavy atom. The highest BCUT2D eigenvalue weighted by molar-refractivity contribution is 6.41. The van der Waals surface area contributed by atoms with Gasteiger partial charge in [-0.2, -0.15) is 0 Å². The first-order chi connectivity index (χ1) is 15.6. The Morgan fingerprint density at radius 2 is 1.58 bits per heavy atom. The minimum atomic E-state index is -1.59. The third-order valence-electron chi connectivity index (χ3n) is 4.59. The zero-order valence-electron chi connectivity index (χ0n) is 19.2. The van der Waals surface area contributed by atoms with Gasteiger partial charge in [-0.3, -0.25) is 9.59 Å². The van der Waals surface area contributed by atoms with Crippen molar-refractivity contribution < 1.29 is 29.0 Å². The SMILES string of the molecule is CC(C)(C)OC(=O)N(CCCCC(=O)Nc1ccccc1C(=O)C(=O)O)Cc1ccccc1. The fourth-order valence-electron chi connectivity index (χ4n) is 3.07. The predicted molar refractivity (Wildman–Crippen MR) is 124 cm³/mol. The van der Waals surface area contributed by atoms with E-state index in [-0.39, 0.29) is 23.6 Å². The third-order valence-corrected chi connectivity index (χ3v) is 4.59. The van der Waals surface area contributed by atoms with E-state index in [1.807, 2.05) is 51.1 Å². The van der Waals surface area contributed by atoms with E-state index in [0.717, 1.165) is 5.56 Å². The Bertz CT molecular complexity index is 982. The number of carboxylic acid groups (broad SMARTS) is 1. The maximum atomic E-state index is 12.6. The molecule has 2 aromatic rings. The number of ether oxygens (including phenoxy) is 1. The molecular weight excluding hydrogens is 424 g/mol. The third kappa shape index (κ3) is 8.76. The molecule has 0 fully saturated rings. The smallest absolute Gasteiger partial charge is 0.410 e. The molecule has 2 N–H and O–H groups in total. The van der Waals surface area contributed by atoms with Gasteiger partial charge in [0.15, 0.2) is 0 Å². The maximum absolute atomic E-state index is 12.6. The van der Waals surface area contributed by atoms with Crippen LogP contribution in [0.25, 0.3) is 0 Å². The highest BCUT2D eigenvalue weighted by Crippen LogP contribution is 2.17. The molecule has 0 aliphatic heterocycles. The average molecular weight is 455 g/mol. The number of para-hydroxylation sites is 1. The number of anilines is 1. The molecule has 0 saturated carbocycles. The molecule has 0 atom stereocenters. The standard InChI is InChI=1S/C25H30N2O6/c1-25(2,3)33-24(32)27(17-18-11-5-4-6-12-18)16-10-9-15-21(28)26-20-14-8-7-13-19(20)22(29)23(30)31/h4-8,11-14H,9-10,15-17H2,1-3H3,(H,26,28)(H,30,31). The van der Waals surface area contributed by atoms with E-state index in [2.05, 4.69) is 5.32 Å². The zero-order valence-corrected chi connectivity index (χ0v) is 19.2. The lowest BCUT2D eigenvalue weighted by atomic mass is 10.1. The Labute approximate surface area is 193 Å². The lowest BCUT2D eigenvalue weighted by molar-refractivity contribution is -0.131. The van der Waals surface area contributed by atoms with Crippen molar-refractivity contribution in [1.82, 2.24) is 4.90 Å². The molecule has 0 aliphatic carbocycles. The van der Waals surface area contributed by atoms with E-state index < -0.39 is 23.4 Å². The molecule has 33 heavy (non-hydrogen) atoms. The number of ketones is 1. The number of nitrogens with one attached hydrogen (secondary N) is 1. The molecule has 176 valence electrons. The lowest BCUT2D eigenvalue weighted by Gasteiger charge is -2.27. The van der Waals surface area contributed by atoms with Gasteiger partial charge in [0.05, 0.1) is 11.3 Å². The Morgan fingerprint density at radius 3 is 2.21 bits per heavy atom. The number of nitrogens with zero attached hydrogens (tertiary/aromatic N) is 1. The second-order valence-electron chi connectivity index (χ2n) is 8.57. The molecular formula is C25H30N2O6. The first-order valence-electron chi connectivity index (χ1n) is 10.7. The number of unbranched alkanes of at least 4 members (excludes halogenated alkanes) is 1. The lowest BCUT2D eigenvalue weighted by Crippen LogP contribution is -2.37. The van der Waals surface area contributed by atoms with Crippen molar-refractivity contribution in [3.8, 4) is 0 Å². The van der Waals surface area contributed by atoms with Crippen molar-refractivity contribution in [2.24, 2.45) is 0 Å². The van der Waals surface area contributed by atoms with Crippen LogP contribution in [0.4, 0.5) is 10.5 Å². The van der Waals surface area contributed by atoms with E-state index >= 15 is 0 Å². The summed E-state index contributed by atoms with van der Waals surface area (Å²) < 4.78 is 5.51. The number of hydrogen-bond donors (Lipinski definition) is 2. The van der Waals surface area contributed by atoms with E-state index in [0.29, 0.717) is 25.9 Å². The van der Waals surface area contributed by atoms with Crippen molar-refractivity contribution in [3.63, 3.8) is 0 Å². The second kappa shape index (κ2) is 11.8. The van der Waals surface area contributed by atoms with E-state index in [9.17, 15) is 19.2 Å². The summed E-state index contributed by atoms with van der Waals surface area (Å²) in [5, 5.41) is 11.5. The van der Waals surface area contributed by atoms with Crippen LogP contribution in [0.3, 0.4) is 0 Å². The van der Waals surface area contributed by atoms with Gasteiger partial charge in [-0.25, -0.2) is 9.59 Å². The number of carbonyl (C=O) groups is 4. The number of carbonyl (C=O) groups excluding carboxylic acids is 3. The molecule has 2 amide bonds. The van der Waals surface area contributed by atoms with E-state index in [1.165, 1.54) is 18.2 Å². The Balaban J connectivity index is 1.92. The fourth-order valence-corrected chi connectivity index (χ4v) is 3.07. The Kier molecular flexibility index (Phi) is 9.15. The summed E-state index contributed by atoms with van der Waals surface area (Å²) >= 11 is 0. The van der Waals surface area contributed by atoms with Gasteiger partial charge in [-0.05, 0) is 51.3 Å². The summed E-state index contributed by atoms with van der Waals surface area (Å²) in [6.07, 6.45) is 0.796. The van der Waals surface area contributed by atoms with Crippen molar-refractivity contribution in [2.75, 3.05) is 11.9 Å². The topological polar surface area (TPSA) is 113 Å². The summed E-state index contributed by atoms with van der Waals surface area (Å²) in [5.74, 6) is -3.01. The first kappa shape index (κ1) is 25.6. The molecule has 0 aliphatic rings. The quantitative estimate of drug-likeness (QED) is 0.310. The molecule has 8 heteroatoms. The normalized spacial score (nSPS) is 10.9. The van der Waals surface area contributed by atoms with Gasteiger partial charge in [0.2, 0.25) is 5.91 Å². The molecule has 0 unspecified atom stereocenters. The molecule has 0 bridgehead atoms. The van der Waals surface area contributed by atoms with E-state index in [4.69, 9.17) is 9.84 Å². The Hall–Kier alpha value is -3.68. The summed E-state index contributed by atoms with van der Waals surface area (Å²) in [5.41, 5.74) is 0.444. The summed E-state index contributed by atoms with van der Waals surface area (Å²) in [6, 6.07) is 15.6.